The van der Waals surface area contributed by atoms with Crippen LogP contribution >= 0.6 is 0 Å². The maximum Gasteiger partial charge on any atom is 0.228 e. The molecule has 1 heterocycles. The van der Waals surface area contributed by atoms with Crippen molar-refractivity contribution in [3.63, 3.8) is 0 Å². The van der Waals surface area contributed by atoms with Crippen LogP contribution in [0.3, 0.4) is 0 Å². The van der Waals surface area contributed by atoms with Gasteiger partial charge >= 0.3 is 0 Å². The summed E-state index contributed by atoms with van der Waals surface area (Å²) < 4.78 is 10.3. The molecule has 1 aromatic heterocycles. The third-order valence-corrected chi connectivity index (χ3v) is 2.93. The molecule has 5 heteroatoms. The van der Waals surface area contributed by atoms with Gasteiger partial charge in [-0.15, -0.1) is 0 Å². The molecular weight excluding hydrogens is 242 g/mol. The quantitative estimate of drug-likeness (QED) is 0.660. The predicted octanol–water partition coefficient (Wildman–Crippen LogP) is 2.22. The van der Waals surface area contributed by atoms with Crippen LogP contribution in [0.5, 0.6) is 0 Å². The van der Waals surface area contributed by atoms with E-state index in [-0.39, 0.29) is 0 Å². The number of nitrogens with one attached hydrogen (secondary N) is 1. The highest BCUT2D eigenvalue weighted by Gasteiger charge is 2.15. The van der Waals surface area contributed by atoms with Crippen LogP contribution in [0.2, 0.25) is 0 Å². The maximum atomic E-state index is 5.31. The Bertz CT molecular complexity index is 339. The van der Waals surface area contributed by atoms with Crippen molar-refractivity contribution in [3.8, 4) is 0 Å². The van der Waals surface area contributed by atoms with Crippen LogP contribution in [0.15, 0.2) is 4.52 Å². The lowest BCUT2D eigenvalue weighted by molar-refractivity contribution is 0.194. The minimum absolute atomic E-state index is 0.414. The molecule has 0 fully saturated rings. The molecule has 0 bridgehead atoms. The van der Waals surface area contributed by atoms with Gasteiger partial charge in [-0.05, 0) is 25.3 Å². The highest BCUT2D eigenvalue weighted by molar-refractivity contribution is 4.90. The maximum absolute atomic E-state index is 5.31. The van der Waals surface area contributed by atoms with Crippen molar-refractivity contribution in [2.24, 2.45) is 5.92 Å². The largest absolute Gasteiger partial charge is 0.385 e. The first-order chi connectivity index (χ1) is 9.15. The van der Waals surface area contributed by atoms with Gasteiger partial charge in [0.05, 0.1) is 0 Å². The normalized spacial score (nSPS) is 13.1. The fraction of sp³-hybridized carbons (Fsp3) is 0.857. The molecule has 1 atom stereocenters. The first kappa shape index (κ1) is 16.1. The van der Waals surface area contributed by atoms with E-state index in [1.165, 1.54) is 0 Å². The van der Waals surface area contributed by atoms with Crippen molar-refractivity contribution in [3.05, 3.63) is 11.7 Å². The average Bonchev–Trinajstić information content (AvgIpc) is 2.76. The third-order valence-electron chi connectivity index (χ3n) is 2.93. The minimum atomic E-state index is 0.414. The number of aryl methyl sites for hydroxylation is 1. The van der Waals surface area contributed by atoms with Crippen LogP contribution < -0.4 is 5.32 Å². The monoisotopic (exact) mass is 269 g/mol. The first-order valence-electron chi connectivity index (χ1n) is 7.19. The molecule has 0 saturated heterocycles. The SMILES string of the molecule is CCNC(Cc1nc(CCCOC)no1)CC(C)C. The second-order valence-corrected chi connectivity index (χ2v) is 5.29. The van der Waals surface area contributed by atoms with Crippen molar-refractivity contribution in [1.82, 2.24) is 15.5 Å². The van der Waals surface area contributed by atoms with E-state index in [2.05, 4.69) is 36.2 Å². The molecule has 1 aromatic rings. The van der Waals surface area contributed by atoms with Gasteiger partial charge < -0.3 is 14.6 Å². The number of aromatic nitrogens is 2. The second kappa shape index (κ2) is 9.04. The fourth-order valence-corrected chi connectivity index (χ4v) is 2.16. The molecule has 0 aliphatic rings. The van der Waals surface area contributed by atoms with Crippen LogP contribution in [0.25, 0.3) is 0 Å². The summed E-state index contributed by atoms with van der Waals surface area (Å²) in [5, 5.41) is 7.49. The molecule has 1 rings (SSSR count). The fourth-order valence-electron chi connectivity index (χ4n) is 2.16. The Morgan fingerprint density at radius 3 is 2.79 bits per heavy atom. The highest BCUT2D eigenvalue weighted by Crippen LogP contribution is 2.10. The number of methoxy groups -OCH3 is 1. The average molecular weight is 269 g/mol. The summed E-state index contributed by atoms with van der Waals surface area (Å²) in [6, 6.07) is 0.414. The number of nitrogens with zero attached hydrogens (tertiary/aromatic N) is 2. The van der Waals surface area contributed by atoms with Gasteiger partial charge in [-0.25, -0.2) is 0 Å². The van der Waals surface area contributed by atoms with E-state index in [9.17, 15) is 0 Å². The number of hydrogen-bond acceptors (Lipinski definition) is 5. The van der Waals surface area contributed by atoms with Gasteiger partial charge in [-0.2, -0.15) is 4.98 Å². The predicted molar refractivity (Wildman–Crippen MR) is 75.1 cm³/mol. The van der Waals surface area contributed by atoms with Crippen LogP contribution in [0.1, 0.15) is 45.3 Å². The van der Waals surface area contributed by atoms with Crippen molar-refractivity contribution < 1.29 is 9.26 Å². The van der Waals surface area contributed by atoms with Crippen molar-refractivity contribution in [2.75, 3.05) is 20.3 Å². The Morgan fingerprint density at radius 2 is 2.16 bits per heavy atom. The topological polar surface area (TPSA) is 60.2 Å². The van der Waals surface area contributed by atoms with Crippen molar-refractivity contribution in [2.45, 2.75) is 52.5 Å². The molecule has 0 aliphatic carbocycles. The summed E-state index contributed by atoms with van der Waals surface area (Å²) in [6.45, 7) is 8.28. The van der Waals surface area contributed by atoms with E-state index >= 15 is 0 Å². The summed E-state index contributed by atoms with van der Waals surface area (Å²) >= 11 is 0. The van der Waals surface area contributed by atoms with Gasteiger partial charge in [0.1, 0.15) is 0 Å². The minimum Gasteiger partial charge on any atom is -0.385 e. The molecular formula is C14H27N3O2. The Kier molecular flexibility index (Phi) is 7.67. The Balaban J connectivity index is 2.45. The number of rotatable bonds is 10. The van der Waals surface area contributed by atoms with Gasteiger partial charge in [0.15, 0.2) is 5.82 Å². The van der Waals surface area contributed by atoms with Gasteiger partial charge in [-0.3, -0.25) is 0 Å². The second-order valence-electron chi connectivity index (χ2n) is 5.29. The molecule has 110 valence electrons. The van der Waals surface area contributed by atoms with E-state index in [4.69, 9.17) is 9.26 Å². The van der Waals surface area contributed by atoms with Crippen molar-refractivity contribution >= 4 is 0 Å². The standard InChI is InChI=1S/C14H27N3O2/c1-5-15-12(9-11(2)3)10-14-16-13(17-19-14)7-6-8-18-4/h11-12,15H,5-10H2,1-4H3. The van der Waals surface area contributed by atoms with Gasteiger partial charge in [0, 0.05) is 32.6 Å². The zero-order chi connectivity index (χ0) is 14.1. The summed E-state index contributed by atoms with van der Waals surface area (Å²) in [6.07, 6.45) is 3.67. The Morgan fingerprint density at radius 1 is 1.37 bits per heavy atom. The van der Waals surface area contributed by atoms with Crippen LogP contribution in [0, 0.1) is 5.92 Å². The van der Waals surface area contributed by atoms with E-state index in [1.807, 2.05) is 0 Å². The summed E-state index contributed by atoms with van der Waals surface area (Å²) in [5.74, 6) is 2.18. The first-order valence-corrected chi connectivity index (χ1v) is 7.19. The molecule has 19 heavy (non-hydrogen) atoms. The lowest BCUT2D eigenvalue weighted by Crippen LogP contribution is -2.32. The van der Waals surface area contributed by atoms with E-state index in [0.29, 0.717) is 12.0 Å². The smallest absolute Gasteiger partial charge is 0.228 e. The van der Waals surface area contributed by atoms with Crippen LogP contribution in [-0.4, -0.2) is 36.4 Å². The highest BCUT2D eigenvalue weighted by atomic mass is 16.5. The Hall–Kier alpha value is -0.940. The van der Waals surface area contributed by atoms with Crippen LogP contribution in [0.4, 0.5) is 0 Å². The summed E-state index contributed by atoms with van der Waals surface area (Å²) in [5.41, 5.74) is 0. The van der Waals surface area contributed by atoms with Crippen LogP contribution in [-0.2, 0) is 17.6 Å². The molecule has 0 aromatic carbocycles. The number of ether oxygens (including phenoxy) is 1. The molecule has 0 saturated carbocycles. The molecule has 1 N–H and O–H groups in total. The van der Waals surface area contributed by atoms with E-state index in [0.717, 1.165) is 50.6 Å². The molecule has 0 aliphatic heterocycles. The van der Waals surface area contributed by atoms with Gasteiger partial charge in [-0.1, -0.05) is 25.9 Å². The van der Waals surface area contributed by atoms with Gasteiger partial charge in [0.2, 0.25) is 5.89 Å². The lowest BCUT2D eigenvalue weighted by Gasteiger charge is -2.17. The molecule has 0 radical (unpaired) electrons. The number of likely N-dealkylation sites (N-methyl/N-ethyl adjacent to an activating group) is 1. The Labute approximate surface area is 116 Å². The van der Waals surface area contributed by atoms with E-state index < -0.39 is 0 Å². The lowest BCUT2D eigenvalue weighted by atomic mass is 10.0. The zero-order valence-corrected chi connectivity index (χ0v) is 12.6. The summed E-state index contributed by atoms with van der Waals surface area (Å²) in [7, 11) is 1.70. The molecule has 0 spiro atoms. The summed E-state index contributed by atoms with van der Waals surface area (Å²) in [4.78, 5) is 4.44. The molecule has 0 amide bonds. The third kappa shape index (κ3) is 6.68. The van der Waals surface area contributed by atoms with Crippen molar-refractivity contribution in [1.29, 1.82) is 0 Å². The molecule has 5 nitrogen and oxygen atoms in total. The number of hydrogen-bond donors (Lipinski definition) is 1. The van der Waals surface area contributed by atoms with Gasteiger partial charge in [0.25, 0.3) is 0 Å². The zero-order valence-electron chi connectivity index (χ0n) is 12.6. The molecule has 1 unspecified atom stereocenters. The van der Waals surface area contributed by atoms with E-state index in [1.54, 1.807) is 7.11 Å².